The Morgan fingerprint density at radius 1 is 1.19 bits per heavy atom. The van der Waals surface area contributed by atoms with Crippen molar-refractivity contribution in [1.82, 2.24) is 4.72 Å². The van der Waals surface area contributed by atoms with Crippen LogP contribution in [-0.2, 0) is 35.8 Å². The van der Waals surface area contributed by atoms with Crippen LogP contribution in [0.3, 0.4) is 0 Å². The number of nitrogens with one attached hydrogen (secondary N) is 1. The second kappa shape index (κ2) is 14.2. The minimum Gasteiger partial charge on any atom is -0.490 e. The SMILES string of the molecule is C=S1(=O)NC(=O)c2ccc3c(c2)N(C[C@@H]2CC[C@H]2[C@@H](OCC(=O)OCC)/C=C/CC[C@H]1CC)C[C@@]1(CCCc2cc(Cl)ccc21)CO3. The van der Waals surface area contributed by atoms with Crippen molar-refractivity contribution in [2.45, 2.75) is 82.0 Å². The summed E-state index contributed by atoms with van der Waals surface area (Å²) < 4.78 is 34.6. The van der Waals surface area contributed by atoms with Crippen LogP contribution in [-0.4, -0.2) is 66.2 Å². The summed E-state index contributed by atoms with van der Waals surface area (Å²) in [5, 5.41) is 0.450. The Labute approximate surface area is 284 Å². The van der Waals surface area contributed by atoms with Crippen molar-refractivity contribution in [3.8, 4) is 5.75 Å². The predicted molar refractivity (Wildman–Crippen MR) is 188 cm³/mol. The second-order valence-electron chi connectivity index (χ2n) is 13.6. The molecule has 2 aromatic carbocycles. The lowest BCUT2D eigenvalue weighted by atomic mass is 9.68. The molecule has 1 saturated carbocycles. The summed E-state index contributed by atoms with van der Waals surface area (Å²) in [5.74, 6) is 4.48. The number of aryl methyl sites for hydroxylation is 1. The highest BCUT2D eigenvalue weighted by Gasteiger charge is 2.44. The molecule has 2 heterocycles. The van der Waals surface area contributed by atoms with Crippen LogP contribution in [0.4, 0.5) is 5.69 Å². The number of esters is 1. The van der Waals surface area contributed by atoms with E-state index in [0.29, 0.717) is 44.0 Å². The highest BCUT2D eigenvalue weighted by atomic mass is 35.5. The van der Waals surface area contributed by atoms with Crippen LogP contribution in [0, 0.1) is 11.8 Å². The van der Waals surface area contributed by atoms with Gasteiger partial charge >= 0.3 is 5.97 Å². The highest BCUT2D eigenvalue weighted by molar-refractivity contribution is 7.99. The molecule has 6 atom stereocenters. The third-order valence-corrected chi connectivity index (χ3v) is 13.0. The van der Waals surface area contributed by atoms with E-state index in [9.17, 15) is 13.8 Å². The van der Waals surface area contributed by atoms with Gasteiger partial charge < -0.3 is 19.1 Å². The predicted octanol–water partition coefficient (Wildman–Crippen LogP) is 6.28. The van der Waals surface area contributed by atoms with Crippen molar-refractivity contribution in [2.24, 2.45) is 11.8 Å². The number of carbonyl (C=O) groups is 2. The molecule has 6 rings (SSSR count). The summed E-state index contributed by atoms with van der Waals surface area (Å²) in [5.41, 5.74) is 3.58. The van der Waals surface area contributed by atoms with Gasteiger partial charge in [-0.25, -0.2) is 9.00 Å². The van der Waals surface area contributed by atoms with Gasteiger partial charge in [-0.2, -0.15) is 0 Å². The number of allylic oxidation sites excluding steroid dienone is 1. The largest absolute Gasteiger partial charge is 0.490 e. The Hall–Kier alpha value is -3.01. The van der Waals surface area contributed by atoms with Crippen molar-refractivity contribution < 1.29 is 28.0 Å². The molecule has 4 aliphatic rings. The minimum absolute atomic E-state index is 0.103. The van der Waals surface area contributed by atoms with Gasteiger partial charge in [-0.15, -0.1) is 0 Å². The molecule has 1 fully saturated rings. The Kier molecular flexibility index (Phi) is 10.3. The number of rotatable bonds is 5. The Balaban J connectivity index is 1.40. The maximum Gasteiger partial charge on any atom is 0.332 e. The van der Waals surface area contributed by atoms with Crippen molar-refractivity contribution in [3.63, 3.8) is 0 Å². The van der Waals surface area contributed by atoms with E-state index in [2.05, 4.69) is 39.8 Å². The van der Waals surface area contributed by atoms with E-state index in [0.717, 1.165) is 61.7 Å². The Morgan fingerprint density at radius 3 is 2.81 bits per heavy atom. The van der Waals surface area contributed by atoms with Crippen LogP contribution in [0.5, 0.6) is 5.75 Å². The van der Waals surface area contributed by atoms with E-state index in [4.69, 9.17) is 25.8 Å². The zero-order valence-corrected chi connectivity index (χ0v) is 29.1. The fourth-order valence-electron chi connectivity index (χ4n) is 7.96. The number of amides is 1. The number of benzene rings is 2. The second-order valence-corrected chi connectivity index (χ2v) is 16.3. The first-order chi connectivity index (χ1) is 22.6. The van der Waals surface area contributed by atoms with Crippen molar-refractivity contribution in [2.75, 3.05) is 37.8 Å². The number of ether oxygens (including phenoxy) is 3. The standard InChI is InChI=1S/C37H47ClN2O6S/c1-4-29-10-6-7-11-33(45-22-35(41)44-5-2)30-15-12-27(30)21-40-23-37(18-8-9-25-19-28(38)14-16-31(25)37)24-46-34-17-13-26(20-32(34)40)36(42)39-47(29,3)43/h7,11,13-14,16-17,19-20,27,29-30,33H,3-6,8-10,12,15,18,21-24H2,1-2H3,(H,39,42,43)/b11-7+/t27-,29+,30+,33-,37-,47?/m0/s1. The molecule has 1 N–H and O–H groups in total. The first-order valence-corrected chi connectivity index (χ1v) is 19.2. The van der Waals surface area contributed by atoms with E-state index >= 15 is 0 Å². The molecule has 8 nitrogen and oxygen atoms in total. The van der Waals surface area contributed by atoms with Crippen LogP contribution in [0.1, 0.15) is 80.3 Å². The maximum absolute atomic E-state index is 13.8. The number of carbonyl (C=O) groups excluding carboxylic acids is 2. The van der Waals surface area contributed by atoms with Gasteiger partial charge in [0.25, 0.3) is 5.91 Å². The zero-order chi connectivity index (χ0) is 33.2. The molecule has 1 unspecified atom stereocenters. The van der Waals surface area contributed by atoms with E-state index < -0.39 is 9.71 Å². The number of hydrogen-bond acceptors (Lipinski definition) is 7. The van der Waals surface area contributed by atoms with Gasteiger partial charge in [0.1, 0.15) is 12.4 Å². The molecule has 2 aliphatic carbocycles. The van der Waals surface area contributed by atoms with Crippen LogP contribution in [0.15, 0.2) is 48.6 Å². The van der Waals surface area contributed by atoms with E-state index in [1.165, 1.54) is 11.1 Å². The van der Waals surface area contributed by atoms with Gasteiger partial charge in [-0.3, -0.25) is 9.52 Å². The molecule has 254 valence electrons. The molecule has 10 heteroatoms. The number of anilines is 1. The molecule has 0 aromatic heterocycles. The number of halogens is 1. The third-order valence-electron chi connectivity index (χ3n) is 10.6. The fourth-order valence-corrected chi connectivity index (χ4v) is 9.80. The molecule has 47 heavy (non-hydrogen) atoms. The molecule has 2 aromatic rings. The Morgan fingerprint density at radius 2 is 2.04 bits per heavy atom. The lowest BCUT2D eigenvalue weighted by Gasteiger charge is -2.46. The first kappa shape index (κ1) is 33.9. The third kappa shape index (κ3) is 7.22. The lowest BCUT2D eigenvalue weighted by molar-refractivity contribution is -0.151. The van der Waals surface area contributed by atoms with Crippen molar-refractivity contribution in [3.05, 3.63) is 70.3 Å². The number of fused-ring (bicyclic) bond motifs is 4. The van der Waals surface area contributed by atoms with E-state index in [1.54, 1.807) is 13.0 Å². The van der Waals surface area contributed by atoms with Crippen LogP contribution in [0.25, 0.3) is 0 Å². The average Bonchev–Trinajstić information content (AvgIpc) is 3.17. The molecule has 2 aliphatic heterocycles. The molecule has 0 radical (unpaired) electrons. The maximum atomic E-state index is 13.8. The molecule has 1 amide bonds. The van der Waals surface area contributed by atoms with E-state index in [-0.39, 0.29) is 41.2 Å². The van der Waals surface area contributed by atoms with Gasteiger partial charge in [-0.1, -0.05) is 36.7 Å². The first-order valence-electron chi connectivity index (χ1n) is 17.0. The molecular weight excluding hydrogens is 636 g/mol. The summed E-state index contributed by atoms with van der Waals surface area (Å²) in [6.07, 6.45) is 10.8. The topological polar surface area (TPSA) is 94.2 Å². The lowest BCUT2D eigenvalue weighted by Crippen LogP contribution is -2.49. The molecular formula is C37H47ClN2O6S. The van der Waals surface area contributed by atoms with Gasteiger partial charge in [0.15, 0.2) is 0 Å². The van der Waals surface area contributed by atoms with Gasteiger partial charge in [0.2, 0.25) is 0 Å². The van der Waals surface area contributed by atoms with Gasteiger partial charge in [0.05, 0.1) is 34.7 Å². The minimum atomic E-state index is -2.93. The summed E-state index contributed by atoms with van der Waals surface area (Å²) in [7, 11) is -2.93. The molecule has 0 saturated heterocycles. The molecule has 1 spiro atoms. The zero-order valence-electron chi connectivity index (χ0n) is 27.5. The van der Waals surface area contributed by atoms with Crippen molar-refractivity contribution in [1.29, 1.82) is 0 Å². The normalized spacial score (nSPS) is 31.3. The summed E-state index contributed by atoms with van der Waals surface area (Å²) in [6.45, 7) is 5.95. The smallest absolute Gasteiger partial charge is 0.332 e. The fraction of sp³-hybridized carbons (Fsp3) is 0.541. The van der Waals surface area contributed by atoms with Crippen LogP contribution >= 0.6 is 11.6 Å². The van der Waals surface area contributed by atoms with Crippen molar-refractivity contribution >= 4 is 44.7 Å². The summed E-state index contributed by atoms with van der Waals surface area (Å²) in [6, 6.07) is 11.7. The Bertz CT molecular complexity index is 1630. The van der Waals surface area contributed by atoms with Crippen LogP contribution < -0.4 is 14.4 Å². The molecule has 2 bridgehead atoms. The summed E-state index contributed by atoms with van der Waals surface area (Å²) in [4.78, 5) is 28.3. The van der Waals surface area contributed by atoms with Crippen LogP contribution in [0.2, 0.25) is 5.02 Å². The quantitative estimate of drug-likeness (QED) is 0.226. The van der Waals surface area contributed by atoms with E-state index in [1.807, 2.05) is 25.1 Å². The summed E-state index contributed by atoms with van der Waals surface area (Å²) >= 11 is 6.44. The number of nitrogens with zero attached hydrogens (tertiary/aromatic N) is 1. The van der Waals surface area contributed by atoms with Gasteiger partial charge in [0, 0.05) is 34.3 Å². The monoisotopic (exact) mass is 682 g/mol. The highest BCUT2D eigenvalue weighted by Crippen LogP contribution is 2.47. The van der Waals surface area contributed by atoms with Gasteiger partial charge in [-0.05, 0) is 117 Å². The number of hydrogen-bond donors (Lipinski definition) is 1. The average molecular weight is 683 g/mol.